The second-order valence-corrected chi connectivity index (χ2v) is 4.57. The number of aryl methyl sites for hydroxylation is 1. The minimum Gasteiger partial charge on any atom is -0.340 e. The fourth-order valence-corrected chi connectivity index (χ4v) is 1.91. The highest BCUT2D eigenvalue weighted by atomic mass is 16.2. The molecule has 2 aromatic rings. The number of carbonyl (C=O) groups excluding carboxylic acids is 2. The van der Waals surface area contributed by atoms with Gasteiger partial charge in [0.2, 0.25) is 0 Å². The Kier molecular flexibility index (Phi) is 4.56. The first kappa shape index (κ1) is 14.6. The molecule has 3 N–H and O–H groups in total. The van der Waals surface area contributed by atoms with E-state index in [9.17, 15) is 9.59 Å². The number of nitrogens with one attached hydrogen (secondary N) is 3. The van der Waals surface area contributed by atoms with Gasteiger partial charge in [0.1, 0.15) is 0 Å². The number of rotatable bonds is 2. The fourth-order valence-electron chi connectivity index (χ4n) is 1.91. The van der Waals surface area contributed by atoms with E-state index in [0.29, 0.717) is 5.56 Å². The standard InChI is InChI=1S/C16H17N3O2/c1-11-7-9-12(10-8-11)13-5-3-4-6-14(13)15(20)18-19-16(21)17-2/h3-10H,1-2H3,(H,18,20)(H2,17,19,21). The summed E-state index contributed by atoms with van der Waals surface area (Å²) in [4.78, 5) is 23.3. The number of hydrogen-bond acceptors (Lipinski definition) is 2. The van der Waals surface area contributed by atoms with Crippen molar-refractivity contribution in [2.75, 3.05) is 7.05 Å². The van der Waals surface area contributed by atoms with Gasteiger partial charge < -0.3 is 5.32 Å². The Hall–Kier alpha value is -2.82. The van der Waals surface area contributed by atoms with Crippen LogP contribution in [0.1, 0.15) is 15.9 Å². The third kappa shape index (κ3) is 3.60. The van der Waals surface area contributed by atoms with Crippen LogP contribution in [-0.4, -0.2) is 19.0 Å². The number of benzene rings is 2. The summed E-state index contributed by atoms with van der Waals surface area (Å²) in [5.41, 5.74) is 8.06. The Morgan fingerprint density at radius 1 is 0.905 bits per heavy atom. The summed E-state index contributed by atoms with van der Waals surface area (Å²) in [6, 6.07) is 14.7. The summed E-state index contributed by atoms with van der Waals surface area (Å²) < 4.78 is 0. The average molecular weight is 283 g/mol. The molecule has 0 heterocycles. The van der Waals surface area contributed by atoms with E-state index in [2.05, 4.69) is 16.2 Å². The molecule has 0 saturated carbocycles. The number of hydrogen-bond donors (Lipinski definition) is 3. The molecule has 0 aliphatic heterocycles. The molecule has 3 amide bonds. The zero-order chi connectivity index (χ0) is 15.2. The maximum absolute atomic E-state index is 12.2. The van der Waals surface area contributed by atoms with E-state index in [-0.39, 0.29) is 5.91 Å². The van der Waals surface area contributed by atoms with Gasteiger partial charge >= 0.3 is 6.03 Å². The highest BCUT2D eigenvalue weighted by molar-refractivity contribution is 6.01. The lowest BCUT2D eigenvalue weighted by Gasteiger charge is -2.11. The molecule has 0 saturated heterocycles. The number of carbonyl (C=O) groups is 2. The SMILES string of the molecule is CNC(=O)NNC(=O)c1ccccc1-c1ccc(C)cc1. The zero-order valence-electron chi connectivity index (χ0n) is 11.9. The summed E-state index contributed by atoms with van der Waals surface area (Å²) in [5, 5.41) is 2.36. The molecule has 0 atom stereocenters. The summed E-state index contributed by atoms with van der Waals surface area (Å²) in [6.45, 7) is 2.01. The van der Waals surface area contributed by atoms with Crippen LogP contribution in [0.4, 0.5) is 4.79 Å². The summed E-state index contributed by atoms with van der Waals surface area (Å²) in [6.07, 6.45) is 0. The van der Waals surface area contributed by atoms with Crippen LogP contribution in [0.15, 0.2) is 48.5 Å². The van der Waals surface area contributed by atoms with E-state index in [1.807, 2.05) is 43.3 Å². The first-order valence-corrected chi connectivity index (χ1v) is 6.56. The van der Waals surface area contributed by atoms with Gasteiger partial charge in [-0.15, -0.1) is 0 Å². The minimum absolute atomic E-state index is 0.366. The van der Waals surface area contributed by atoms with Gasteiger partial charge in [0.15, 0.2) is 0 Å². The largest absolute Gasteiger partial charge is 0.340 e. The van der Waals surface area contributed by atoms with Crippen molar-refractivity contribution in [2.24, 2.45) is 0 Å². The molecule has 0 bridgehead atoms. The smallest absolute Gasteiger partial charge is 0.333 e. The predicted octanol–water partition coefficient (Wildman–Crippen LogP) is 2.24. The Morgan fingerprint density at radius 2 is 1.57 bits per heavy atom. The van der Waals surface area contributed by atoms with E-state index >= 15 is 0 Å². The third-order valence-corrected chi connectivity index (χ3v) is 3.05. The van der Waals surface area contributed by atoms with Crippen LogP contribution >= 0.6 is 0 Å². The van der Waals surface area contributed by atoms with Gasteiger partial charge in [0, 0.05) is 12.6 Å². The Morgan fingerprint density at radius 3 is 2.24 bits per heavy atom. The van der Waals surface area contributed by atoms with Crippen LogP contribution in [0.2, 0.25) is 0 Å². The van der Waals surface area contributed by atoms with Crippen LogP contribution in [0, 0.1) is 6.92 Å². The molecule has 0 aromatic heterocycles. The van der Waals surface area contributed by atoms with Crippen molar-refractivity contribution < 1.29 is 9.59 Å². The van der Waals surface area contributed by atoms with Gasteiger partial charge in [-0.25, -0.2) is 10.2 Å². The minimum atomic E-state index is -0.476. The lowest BCUT2D eigenvalue weighted by Crippen LogP contribution is -2.45. The summed E-state index contributed by atoms with van der Waals surface area (Å²) in [7, 11) is 1.47. The van der Waals surface area contributed by atoms with Crippen molar-refractivity contribution in [2.45, 2.75) is 6.92 Å². The van der Waals surface area contributed by atoms with Crippen molar-refractivity contribution in [1.82, 2.24) is 16.2 Å². The molecule has 0 spiro atoms. The fraction of sp³-hybridized carbons (Fsp3) is 0.125. The molecule has 0 aliphatic carbocycles. The monoisotopic (exact) mass is 283 g/mol. The second-order valence-electron chi connectivity index (χ2n) is 4.57. The maximum atomic E-state index is 12.2. The van der Waals surface area contributed by atoms with Crippen molar-refractivity contribution >= 4 is 11.9 Å². The molecule has 5 nitrogen and oxygen atoms in total. The zero-order valence-corrected chi connectivity index (χ0v) is 11.9. The highest BCUT2D eigenvalue weighted by Crippen LogP contribution is 2.23. The lowest BCUT2D eigenvalue weighted by atomic mass is 9.98. The normalized spacial score (nSPS) is 9.81. The Bertz CT molecular complexity index is 651. The van der Waals surface area contributed by atoms with Gasteiger partial charge in [0.05, 0.1) is 0 Å². The first-order chi connectivity index (χ1) is 10.1. The van der Waals surface area contributed by atoms with Crippen molar-refractivity contribution in [3.8, 4) is 11.1 Å². The van der Waals surface area contributed by atoms with Crippen molar-refractivity contribution in [3.05, 3.63) is 59.7 Å². The Labute approximate surface area is 123 Å². The molecule has 0 aliphatic rings. The van der Waals surface area contributed by atoms with Crippen LogP contribution in [-0.2, 0) is 0 Å². The molecule has 5 heteroatoms. The van der Waals surface area contributed by atoms with E-state index < -0.39 is 6.03 Å². The third-order valence-electron chi connectivity index (χ3n) is 3.05. The van der Waals surface area contributed by atoms with Gasteiger partial charge in [-0.2, -0.15) is 0 Å². The number of urea groups is 1. The molecule has 2 rings (SSSR count). The Balaban J connectivity index is 2.26. The van der Waals surface area contributed by atoms with Crippen molar-refractivity contribution in [1.29, 1.82) is 0 Å². The van der Waals surface area contributed by atoms with E-state index in [1.54, 1.807) is 12.1 Å². The molecular formula is C16H17N3O2. The highest BCUT2D eigenvalue weighted by Gasteiger charge is 2.12. The molecule has 108 valence electrons. The quantitative estimate of drug-likeness (QED) is 0.740. The van der Waals surface area contributed by atoms with E-state index in [1.165, 1.54) is 7.05 Å². The number of hydrazine groups is 1. The van der Waals surface area contributed by atoms with Gasteiger partial charge in [-0.1, -0.05) is 48.0 Å². The molecule has 0 unspecified atom stereocenters. The predicted molar refractivity (Wildman–Crippen MR) is 81.7 cm³/mol. The molecule has 21 heavy (non-hydrogen) atoms. The average Bonchev–Trinajstić information content (AvgIpc) is 2.53. The topological polar surface area (TPSA) is 70.2 Å². The van der Waals surface area contributed by atoms with Crippen LogP contribution in [0.5, 0.6) is 0 Å². The second kappa shape index (κ2) is 6.56. The molecule has 2 aromatic carbocycles. The molecular weight excluding hydrogens is 266 g/mol. The van der Waals surface area contributed by atoms with Crippen LogP contribution in [0.3, 0.4) is 0 Å². The van der Waals surface area contributed by atoms with E-state index in [0.717, 1.165) is 16.7 Å². The number of amides is 3. The summed E-state index contributed by atoms with van der Waals surface area (Å²) >= 11 is 0. The summed E-state index contributed by atoms with van der Waals surface area (Å²) in [5.74, 6) is -0.366. The van der Waals surface area contributed by atoms with Gasteiger partial charge in [-0.3, -0.25) is 10.2 Å². The van der Waals surface area contributed by atoms with Crippen LogP contribution in [0.25, 0.3) is 11.1 Å². The van der Waals surface area contributed by atoms with E-state index in [4.69, 9.17) is 0 Å². The maximum Gasteiger partial charge on any atom is 0.333 e. The van der Waals surface area contributed by atoms with Gasteiger partial charge in [-0.05, 0) is 24.1 Å². The van der Waals surface area contributed by atoms with Crippen LogP contribution < -0.4 is 16.2 Å². The van der Waals surface area contributed by atoms with Crippen molar-refractivity contribution in [3.63, 3.8) is 0 Å². The van der Waals surface area contributed by atoms with Gasteiger partial charge in [0.25, 0.3) is 5.91 Å². The molecule has 0 radical (unpaired) electrons. The molecule has 0 fully saturated rings. The lowest BCUT2D eigenvalue weighted by molar-refractivity contribution is 0.0937. The first-order valence-electron chi connectivity index (χ1n) is 6.56.